The zero-order valence-electron chi connectivity index (χ0n) is 17.1. The number of ether oxygens (including phenoxy) is 1. The molecule has 0 amide bonds. The van der Waals surface area contributed by atoms with Crippen LogP contribution in [-0.4, -0.2) is 45.7 Å². The minimum absolute atomic E-state index is 0.0188. The van der Waals surface area contributed by atoms with Crippen LogP contribution in [0.15, 0.2) is 60.8 Å². The minimum atomic E-state index is -0.632. The van der Waals surface area contributed by atoms with Crippen molar-refractivity contribution in [1.29, 1.82) is 0 Å². The molecule has 2 aliphatic rings. The van der Waals surface area contributed by atoms with Crippen LogP contribution in [0.1, 0.15) is 45.4 Å². The van der Waals surface area contributed by atoms with Crippen LogP contribution in [0, 0.1) is 11.8 Å². The van der Waals surface area contributed by atoms with Gasteiger partial charge in [-0.05, 0) is 51.4 Å². The van der Waals surface area contributed by atoms with Crippen LogP contribution in [0.4, 0.5) is 0 Å². The molecule has 0 aromatic rings. The van der Waals surface area contributed by atoms with Crippen molar-refractivity contribution in [3.63, 3.8) is 0 Å². The molecule has 6 atom stereocenters. The maximum Gasteiger partial charge on any atom is 0.331 e. The first-order valence-corrected chi connectivity index (χ1v) is 10.6. The van der Waals surface area contributed by atoms with Crippen molar-refractivity contribution < 1.29 is 24.9 Å². The molecule has 0 radical (unpaired) electrons. The predicted octanol–water partition coefficient (Wildman–Crippen LogP) is 3.38. The van der Waals surface area contributed by atoms with Gasteiger partial charge >= 0.3 is 5.97 Å². The summed E-state index contributed by atoms with van der Waals surface area (Å²) in [6, 6.07) is 0. The van der Waals surface area contributed by atoms with E-state index in [0.29, 0.717) is 25.7 Å². The van der Waals surface area contributed by atoms with Gasteiger partial charge in [-0.1, -0.05) is 54.7 Å². The van der Waals surface area contributed by atoms with Gasteiger partial charge in [-0.25, -0.2) is 4.79 Å². The smallest absolute Gasteiger partial charge is 0.331 e. The summed E-state index contributed by atoms with van der Waals surface area (Å²) in [5.41, 5.74) is 0. The van der Waals surface area contributed by atoms with E-state index in [9.17, 15) is 20.1 Å². The molecule has 0 aromatic heterocycles. The Morgan fingerprint density at radius 2 is 1.69 bits per heavy atom. The van der Waals surface area contributed by atoms with E-state index in [4.69, 9.17) is 4.74 Å². The fourth-order valence-corrected chi connectivity index (χ4v) is 3.76. The van der Waals surface area contributed by atoms with E-state index in [1.54, 1.807) is 12.2 Å². The number of allylic oxidation sites excluding steroid dienone is 7. The van der Waals surface area contributed by atoms with Crippen LogP contribution in [0.25, 0.3) is 0 Å². The van der Waals surface area contributed by atoms with Gasteiger partial charge in [-0.3, -0.25) is 0 Å². The van der Waals surface area contributed by atoms with E-state index in [1.165, 1.54) is 6.08 Å². The lowest BCUT2D eigenvalue weighted by molar-refractivity contribution is -0.142. The second-order valence-corrected chi connectivity index (χ2v) is 7.90. The first-order valence-electron chi connectivity index (χ1n) is 10.6. The largest absolute Gasteiger partial charge is 0.460 e. The number of rotatable bonds is 0. The molecular formula is C24H34O5. The lowest BCUT2D eigenvalue weighted by atomic mass is 9.75. The quantitative estimate of drug-likeness (QED) is 0.427. The van der Waals surface area contributed by atoms with Crippen molar-refractivity contribution in [2.24, 2.45) is 11.8 Å². The molecule has 3 N–H and O–H groups in total. The van der Waals surface area contributed by atoms with E-state index in [2.05, 4.69) is 0 Å². The van der Waals surface area contributed by atoms with E-state index in [-0.39, 0.29) is 23.9 Å². The number of carbonyl (C=O) groups is 1. The number of aliphatic hydroxyl groups is 3. The monoisotopic (exact) mass is 402 g/mol. The molecule has 0 bridgehead atoms. The van der Waals surface area contributed by atoms with Crippen molar-refractivity contribution in [3.8, 4) is 0 Å². The van der Waals surface area contributed by atoms with Crippen molar-refractivity contribution in [1.82, 2.24) is 0 Å². The zero-order chi connectivity index (χ0) is 21.1. The SMILES string of the molecule is C[C@@H]1CCC[C@H](O)/C=C/[C@H]2[C@H](O)C[C@@H](O)C[C@@H]2/C=C/C=C\C/C=C/C=C\C(=O)O1. The molecule has 0 saturated heterocycles. The van der Waals surface area contributed by atoms with Crippen molar-refractivity contribution in [3.05, 3.63) is 60.8 Å². The summed E-state index contributed by atoms with van der Waals surface area (Å²) in [7, 11) is 0. The molecule has 160 valence electrons. The second kappa shape index (κ2) is 12.6. The van der Waals surface area contributed by atoms with Gasteiger partial charge in [0.15, 0.2) is 0 Å². The van der Waals surface area contributed by atoms with Gasteiger partial charge in [0.1, 0.15) is 0 Å². The standard InChI is InChI=1S/C24H34O5/c1-18-10-9-12-20(25)14-15-22-19(16-21(26)17-23(22)27)11-7-5-3-2-4-6-8-13-24(28)29-18/h3-8,11,13-15,18-23,25-27H,2,9-10,12,16-17H2,1H3/b5-3-,6-4+,11-7+,13-8-,15-14+/t18-,19+,20+,21+,22-,23-/m1/s1. The topological polar surface area (TPSA) is 87.0 Å². The number of carbonyl (C=O) groups excluding carboxylic acids is 1. The second-order valence-electron chi connectivity index (χ2n) is 7.90. The Labute approximate surface area is 173 Å². The van der Waals surface area contributed by atoms with Gasteiger partial charge in [0.05, 0.1) is 24.4 Å². The van der Waals surface area contributed by atoms with Gasteiger partial charge in [-0.15, -0.1) is 0 Å². The summed E-state index contributed by atoms with van der Waals surface area (Å²) < 4.78 is 5.32. The summed E-state index contributed by atoms with van der Waals surface area (Å²) >= 11 is 0. The van der Waals surface area contributed by atoms with Gasteiger partial charge in [0, 0.05) is 12.0 Å². The van der Waals surface area contributed by atoms with Crippen LogP contribution in [0.5, 0.6) is 0 Å². The van der Waals surface area contributed by atoms with Gasteiger partial charge < -0.3 is 20.1 Å². The van der Waals surface area contributed by atoms with E-state index < -0.39 is 18.3 Å². The molecule has 1 saturated carbocycles. The third-order valence-corrected chi connectivity index (χ3v) is 5.34. The lowest BCUT2D eigenvalue weighted by Gasteiger charge is -2.35. The number of cyclic esters (lactones) is 1. The molecule has 1 fully saturated rings. The molecule has 2 rings (SSSR count). The van der Waals surface area contributed by atoms with E-state index in [0.717, 1.165) is 12.8 Å². The number of aliphatic hydroxyl groups excluding tert-OH is 3. The Balaban J connectivity index is 2.10. The highest BCUT2D eigenvalue weighted by atomic mass is 16.5. The summed E-state index contributed by atoms with van der Waals surface area (Å²) in [5, 5.41) is 30.7. The third kappa shape index (κ3) is 8.94. The highest BCUT2D eigenvalue weighted by molar-refractivity contribution is 5.82. The average molecular weight is 403 g/mol. The number of esters is 1. The first kappa shape index (κ1) is 23.3. The maximum atomic E-state index is 11.8. The van der Waals surface area contributed by atoms with Crippen LogP contribution >= 0.6 is 0 Å². The molecule has 5 heteroatoms. The molecule has 1 aliphatic heterocycles. The summed E-state index contributed by atoms with van der Waals surface area (Å²) in [5.74, 6) is -0.478. The normalized spacial score (nSPS) is 40.6. The molecule has 0 unspecified atom stereocenters. The van der Waals surface area contributed by atoms with Gasteiger partial charge in [-0.2, -0.15) is 0 Å². The number of hydrogen-bond donors (Lipinski definition) is 3. The lowest BCUT2D eigenvalue weighted by Crippen LogP contribution is -2.37. The Morgan fingerprint density at radius 1 is 0.931 bits per heavy atom. The molecular weight excluding hydrogens is 368 g/mol. The minimum Gasteiger partial charge on any atom is -0.460 e. The van der Waals surface area contributed by atoms with Crippen LogP contribution in [-0.2, 0) is 9.53 Å². The number of fused-ring (bicyclic) bond motifs is 1. The van der Waals surface area contributed by atoms with Crippen molar-refractivity contribution in [2.45, 2.75) is 69.9 Å². The van der Waals surface area contributed by atoms with Crippen molar-refractivity contribution in [2.75, 3.05) is 0 Å². The molecule has 5 nitrogen and oxygen atoms in total. The van der Waals surface area contributed by atoms with E-state index in [1.807, 2.05) is 49.5 Å². The summed E-state index contributed by atoms with van der Waals surface area (Å²) in [6.07, 6.45) is 20.0. The summed E-state index contributed by atoms with van der Waals surface area (Å²) in [6.45, 7) is 1.85. The zero-order valence-corrected chi connectivity index (χ0v) is 17.1. The Hall–Kier alpha value is -1.95. The van der Waals surface area contributed by atoms with Gasteiger partial charge in [0.25, 0.3) is 0 Å². The van der Waals surface area contributed by atoms with Crippen LogP contribution < -0.4 is 0 Å². The summed E-state index contributed by atoms with van der Waals surface area (Å²) in [4.78, 5) is 11.8. The molecule has 1 heterocycles. The fourth-order valence-electron chi connectivity index (χ4n) is 3.76. The highest BCUT2D eigenvalue weighted by Gasteiger charge is 2.33. The number of hydrogen-bond acceptors (Lipinski definition) is 5. The fraction of sp³-hybridized carbons (Fsp3) is 0.542. The maximum absolute atomic E-state index is 11.8. The molecule has 0 spiro atoms. The third-order valence-electron chi connectivity index (χ3n) is 5.34. The van der Waals surface area contributed by atoms with Gasteiger partial charge in [0.2, 0.25) is 0 Å². The predicted molar refractivity (Wildman–Crippen MR) is 114 cm³/mol. The molecule has 29 heavy (non-hydrogen) atoms. The Morgan fingerprint density at radius 3 is 2.48 bits per heavy atom. The van der Waals surface area contributed by atoms with E-state index >= 15 is 0 Å². The molecule has 0 aromatic carbocycles. The average Bonchev–Trinajstić information content (AvgIpc) is 2.65. The highest BCUT2D eigenvalue weighted by Crippen LogP contribution is 2.33. The Bertz CT molecular complexity index is 646. The van der Waals surface area contributed by atoms with Crippen LogP contribution in [0.2, 0.25) is 0 Å². The molecule has 1 aliphatic carbocycles. The Kier molecular flexibility index (Phi) is 10.1. The van der Waals surface area contributed by atoms with Crippen molar-refractivity contribution >= 4 is 5.97 Å². The first-order chi connectivity index (χ1) is 14.0. The van der Waals surface area contributed by atoms with Crippen LogP contribution in [0.3, 0.4) is 0 Å².